The Kier molecular flexibility index (Phi) is 4.10. The number of nitrogens with two attached hydrogens (primary N) is 1. The molecule has 2 heterocycles. The Bertz CT molecular complexity index is 625. The van der Waals surface area contributed by atoms with Gasteiger partial charge in [-0.05, 0) is 39.7 Å². The lowest BCUT2D eigenvalue weighted by molar-refractivity contribution is 0.684. The second-order valence-electron chi connectivity index (χ2n) is 6.06. The third kappa shape index (κ3) is 2.75. The molecule has 0 saturated heterocycles. The maximum atomic E-state index is 5.59. The van der Waals surface area contributed by atoms with Gasteiger partial charge in [-0.25, -0.2) is 4.98 Å². The summed E-state index contributed by atoms with van der Waals surface area (Å²) in [7, 11) is 0. The van der Waals surface area contributed by atoms with Crippen LogP contribution in [0.3, 0.4) is 0 Å². The summed E-state index contributed by atoms with van der Waals surface area (Å²) in [5, 5.41) is 8.32. The highest BCUT2D eigenvalue weighted by Gasteiger charge is 2.21. The second kappa shape index (κ2) is 6.02. The largest absolute Gasteiger partial charge is 0.370 e. The van der Waals surface area contributed by atoms with Crippen LogP contribution < -0.4 is 11.1 Å². The first-order valence-electron chi connectivity index (χ1n) is 8.01. The first-order chi connectivity index (χ1) is 10.2. The van der Waals surface area contributed by atoms with E-state index >= 15 is 0 Å². The zero-order valence-corrected chi connectivity index (χ0v) is 13.0. The Morgan fingerprint density at radius 3 is 2.81 bits per heavy atom. The molecule has 2 aromatic heterocycles. The smallest absolute Gasteiger partial charge is 0.157 e. The number of aromatic nitrogens is 3. The van der Waals surface area contributed by atoms with Gasteiger partial charge in [0.2, 0.25) is 0 Å². The molecule has 3 rings (SSSR count). The van der Waals surface area contributed by atoms with Crippen molar-refractivity contribution in [1.82, 2.24) is 14.6 Å². The van der Waals surface area contributed by atoms with E-state index in [9.17, 15) is 0 Å². The number of hydrogen-bond acceptors (Lipinski definition) is 4. The zero-order chi connectivity index (χ0) is 14.8. The van der Waals surface area contributed by atoms with Crippen LogP contribution in [-0.2, 0) is 0 Å². The first-order valence-corrected chi connectivity index (χ1v) is 8.01. The van der Waals surface area contributed by atoms with Crippen LogP contribution in [0.4, 0.5) is 5.82 Å². The third-order valence-electron chi connectivity index (χ3n) is 4.55. The van der Waals surface area contributed by atoms with Crippen LogP contribution >= 0.6 is 0 Å². The van der Waals surface area contributed by atoms with Crippen LogP contribution in [-0.4, -0.2) is 27.7 Å². The molecule has 0 amide bonds. The molecule has 0 radical (unpaired) electrons. The van der Waals surface area contributed by atoms with Gasteiger partial charge in [0.25, 0.3) is 0 Å². The predicted octanol–water partition coefficient (Wildman–Crippen LogP) is 2.76. The lowest BCUT2D eigenvalue weighted by atomic mass is 10.1. The molecule has 1 fully saturated rings. The highest BCUT2D eigenvalue weighted by molar-refractivity contribution is 5.55. The van der Waals surface area contributed by atoms with Gasteiger partial charge >= 0.3 is 0 Å². The van der Waals surface area contributed by atoms with Crippen LogP contribution in [0.15, 0.2) is 6.07 Å². The van der Waals surface area contributed by atoms with Crippen LogP contribution in [0.5, 0.6) is 0 Å². The van der Waals surface area contributed by atoms with E-state index in [1.807, 2.05) is 4.52 Å². The molecular formula is C16H25N5. The Morgan fingerprint density at radius 1 is 1.33 bits per heavy atom. The summed E-state index contributed by atoms with van der Waals surface area (Å²) in [6.45, 7) is 5.73. The molecule has 0 spiro atoms. The first kappa shape index (κ1) is 14.3. The minimum absolute atomic E-state index is 0.615. The summed E-state index contributed by atoms with van der Waals surface area (Å²) < 4.78 is 1.98. The molecular weight excluding hydrogens is 262 g/mol. The second-order valence-corrected chi connectivity index (χ2v) is 6.06. The van der Waals surface area contributed by atoms with E-state index in [0.29, 0.717) is 12.5 Å². The Labute approximate surface area is 125 Å². The topological polar surface area (TPSA) is 68.2 Å². The summed E-state index contributed by atoms with van der Waals surface area (Å²) >= 11 is 0. The van der Waals surface area contributed by atoms with Gasteiger partial charge in [0, 0.05) is 29.8 Å². The molecule has 2 aromatic rings. The zero-order valence-electron chi connectivity index (χ0n) is 13.0. The quantitative estimate of drug-likeness (QED) is 0.830. The normalized spacial score (nSPS) is 16.0. The lowest BCUT2D eigenvalue weighted by Crippen LogP contribution is -2.13. The molecule has 0 unspecified atom stereocenters. The molecule has 5 heteroatoms. The molecule has 3 N–H and O–H groups in total. The highest BCUT2D eigenvalue weighted by atomic mass is 15.3. The predicted molar refractivity (Wildman–Crippen MR) is 85.8 cm³/mol. The van der Waals surface area contributed by atoms with Gasteiger partial charge in [0.05, 0.1) is 5.69 Å². The fourth-order valence-electron chi connectivity index (χ4n) is 3.16. The number of fused-ring (bicyclic) bond motifs is 1. The summed E-state index contributed by atoms with van der Waals surface area (Å²) in [5.41, 5.74) is 9.97. The summed E-state index contributed by atoms with van der Waals surface area (Å²) in [4.78, 5) is 4.69. The number of anilines is 1. The Hall–Kier alpha value is -1.62. The fourth-order valence-corrected chi connectivity index (χ4v) is 3.16. The van der Waals surface area contributed by atoms with E-state index in [0.717, 1.165) is 30.1 Å². The van der Waals surface area contributed by atoms with E-state index in [-0.39, 0.29) is 0 Å². The maximum absolute atomic E-state index is 5.59. The van der Waals surface area contributed by atoms with Crippen molar-refractivity contribution in [3.63, 3.8) is 0 Å². The summed E-state index contributed by atoms with van der Waals surface area (Å²) in [6, 6.07) is 2.16. The van der Waals surface area contributed by atoms with Crippen LogP contribution in [0.2, 0.25) is 0 Å². The van der Waals surface area contributed by atoms with E-state index in [1.54, 1.807) is 0 Å². The van der Waals surface area contributed by atoms with Crippen molar-refractivity contribution < 1.29 is 0 Å². The van der Waals surface area contributed by atoms with E-state index in [2.05, 4.69) is 25.2 Å². The molecule has 0 aliphatic heterocycles. The van der Waals surface area contributed by atoms with Gasteiger partial charge in [0.1, 0.15) is 5.82 Å². The average Bonchev–Trinajstić information content (AvgIpc) is 3.11. The van der Waals surface area contributed by atoms with Crippen molar-refractivity contribution >= 4 is 11.5 Å². The van der Waals surface area contributed by atoms with Crippen molar-refractivity contribution in [3.05, 3.63) is 23.0 Å². The molecule has 114 valence electrons. The Balaban J connectivity index is 1.99. The van der Waals surface area contributed by atoms with Crippen molar-refractivity contribution in [1.29, 1.82) is 0 Å². The third-order valence-corrected chi connectivity index (χ3v) is 4.55. The van der Waals surface area contributed by atoms with Gasteiger partial charge in [-0.15, -0.1) is 0 Å². The Morgan fingerprint density at radius 2 is 2.10 bits per heavy atom. The van der Waals surface area contributed by atoms with Gasteiger partial charge < -0.3 is 11.1 Å². The molecule has 0 bridgehead atoms. The molecule has 0 atom stereocenters. The molecule has 1 aliphatic rings. The van der Waals surface area contributed by atoms with Crippen molar-refractivity contribution in [2.45, 2.75) is 51.9 Å². The van der Waals surface area contributed by atoms with E-state index in [4.69, 9.17) is 15.8 Å². The number of aryl methyl sites for hydroxylation is 1. The van der Waals surface area contributed by atoms with Crippen LogP contribution in [0.25, 0.3) is 5.65 Å². The van der Waals surface area contributed by atoms with E-state index in [1.165, 1.54) is 36.9 Å². The van der Waals surface area contributed by atoms with Crippen molar-refractivity contribution in [2.24, 2.45) is 5.73 Å². The molecule has 0 aromatic carbocycles. The van der Waals surface area contributed by atoms with Gasteiger partial charge in [-0.1, -0.05) is 12.8 Å². The monoisotopic (exact) mass is 287 g/mol. The molecule has 21 heavy (non-hydrogen) atoms. The average molecular weight is 287 g/mol. The summed E-state index contributed by atoms with van der Waals surface area (Å²) in [6.07, 6.45) is 6.13. The van der Waals surface area contributed by atoms with Gasteiger partial charge in [-0.3, -0.25) is 0 Å². The van der Waals surface area contributed by atoms with Gasteiger partial charge in [-0.2, -0.15) is 9.61 Å². The maximum Gasteiger partial charge on any atom is 0.157 e. The number of hydrogen-bond donors (Lipinski definition) is 2. The lowest BCUT2D eigenvalue weighted by Gasteiger charge is -2.12. The number of nitrogens with zero attached hydrogens (tertiary/aromatic N) is 3. The number of rotatable bonds is 5. The van der Waals surface area contributed by atoms with Crippen LogP contribution in [0.1, 0.15) is 55.0 Å². The van der Waals surface area contributed by atoms with Gasteiger partial charge in [0.15, 0.2) is 5.65 Å². The van der Waals surface area contributed by atoms with Crippen molar-refractivity contribution in [2.75, 3.05) is 18.4 Å². The SMILES string of the molecule is Cc1nc2cc(C3CCCC3)nn2c(NCCCN)c1C. The fraction of sp³-hybridized carbons (Fsp3) is 0.625. The molecule has 1 aliphatic carbocycles. The van der Waals surface area contributed by atoms with E-state index < -0.39 is 0 Å². The van der Waals surface area contributed by atoms with Crippen molar-refractivity contribution in [3.8, 4) is 0 Å². The standard InChI is InChI=1S/C16H25N5/c1-11-12(2)19-15-10-14(13-6-3-4-7-13)20-21(15)16(11)18-9-5-8-17/h10,13,18H,3-9,17H2,1-2H3. The number of nitrogens with one attached hydrogen (secondary N) is 1. The molecule has 5 nitrogen and oxygen atoms in total. The molecule has 1 saturated carbocycles. The minimum atomic E-state index is 0.615. The van der Waals surface area contributed by atoms with Crippen LogP contribution in [0, 0.1) is 13.8 Å². The minimum Gasteiger partial charge on any atom is -0.370 e. The summed E-state index contributed by atoms with van der Waals surface area (Å²) in [5.74, 6) is 1.68. The highest BCUT2D eigenvalue weighted by Crippen LogP contribution is 2.34.